The highest BCUT2D eigenvalue weighted by molar-refractivity contribution is 5.75. The molecule has 0 atom stereocenters. The van der Waals surface area contributed by atoms with Crippen molar-refractivity contribution in [3.8, 4) is 0 Å². The van der Waals surface area contributed by atoms with Gasteiger partial charge < -0.3 is 0 Å². The van der Waals surface area contributed by atoms with Gasteiger partial charge in [-0.1, -0.05) is 65.2 Å². The molecule has 0 rings (SSSR count). The molecule has 0 heterocycles. The fourth-order valence-electron chi connectivity index (χ4n) is 1.85. The van der Waals surface area contributed by atoms with E-state index in [1.165, 1.54) is 51.4 Å². The van der Waals surface area contributed by atoms with Crippen LogP contribution in [0.3, 0.4) is 0 Å². The van der Waals surface area contributed by atoms with Crippen LogP contribution in [0.15, 0.2) is 0 Å². The number of carbonyl (C=O) groups is 1. The second kappa shape index (κ2) is 13.5. The molecule has 1 amide bonds. The third-order valence-corrected chi connectivity index (χ3v) is 2.91. The number of carbonyl (C=O) groups excluding carboxylic acids is 1. The molecule has 0 spiro atoms. The van der Waals surface area contributed by atoms with Crippen LogP contribution in [0, 0.1) is 0 Å². The van der Waals surface area contributed by atoms with Crippen molar-refractivity contribution in [1.29, 1.82) is 0 Å². The Bertz CT molecular complexity index is 172. The highest BCUT2D eigenvalue weighted by atomic mass is 16.2. The lowest BCUT2D eigenvalue weighted by atomic mass is 10.1. The van der Waals surface area contributed by atoms with Crippen LogP contribution in [0.5, 0.6) is 0 Å². The Morgan fingerprint density at radius 1 is 0.824 bits per heavy atom. The number of unbranched alkanes of at least 4 members (excludes halogenated alkanes) is 8. The van der Waals surface area contributed by atoms with Crippen LogP contribution in [0.1, 0.15) is 78.1 Å². The Morgan fingerprint density at radius 3 is 1.88 bits per heavy atom. The van der Waals surface area contributed by atoms with Crippen molar-refractivity contribution in [2.75, 3.05) is 6.54 Å². The van der Waals surface area contributed by atoms with Gasteiger partial charge in [0.1, 0.15) is 0 Å². The molecule has 0 aromatic carbocycles. The SMILES string of the molecule is CCCCCCCCCCCC(=O)NNCC. The van der Waals surface area contributed by atoms with Crippen molar-refractivity contribution >= 4 is 5.91 Å². The quantitative estimate of drug-likeness (QED) is 0.406. The molecule has 3 nitrogen and oxygen atoms in total. The van der Waals surface area contributed by atoms with E-state index in [1.54, 1.807) is 0 Å². The molecule has 17 heavy (non-hydrogen) atoms. The Labute approximate surface area is 107 Å². The van der Waals surface area contributed by atoms with Gasteiger partial charge in [0.05, 0.1) is 0 Å². The summed E-state index contributed by atoms with van der Waals surface area (Å²) in [5.74, 6) is 0.120. The van der Waals surface area contributed by atoms with Crippen molar-refractivity contribution in [3.05, 3.63) is 0 Å². The zero-order chi connectivity index (χ0) is 12.8. The summed E-state index contributed by atoms with van der Waals surface area (Å²) in [6, 6.07) is 0. The van der Waals surface area contributed by atoms with Crippen LogP contribution >= 0.6 is 0 Å². The highest BCUT2D eigenvalue weighted by Gasteiger charge is 1.99. The van der Waals surface area contributed by atoms with Gasteiger partial charge in [0.2, 0.25) is 5.91 Å². The maximum atomic E-state index is 11.2. The molecule has 2 N–H and O–H groups in total. The van der Waals surface area contributed by atoms with E-state index in [0.717, 1.165) is 13.0 Å². The Hall–Kier alpha value is -0.570. The fourth-order valence-corrected chi connectivity index (χ4v) is 1.85. The van der Waals surface area contributed by atoms with Crippen molar-refractivity contribution in [2.45, 2.75) is 78.1 Å². The molecule has 0 aliphatic carbocycles. The third-order valence-electron chi connectivity index (χ3n) is 2.91. The standard InChI is InChI=1S/C14H30N2O/c1-3-5-6-7-8-9-10-11-12-13-14(17)16-15-4-2/h15H,3-13H2,1-2H3,(H,16,17). The summed E-state index contributed by atoms with van der Waals surface area (Å²) in [7, 11) is 0. The second-order valence-electron chi connectivity index (χ2n) is 4.66. The highest BCUT2D eigenvalue weighted by Crippen LogP contribution is 2.10. The summed E-state index contributed by atoms with van der Waals surface area (Å²) >= 11 is 0. The summed E-state index contributed by atoms with van der Waals surface area (Å²) < 4.78 is 0. The number of rotatable bonds is 12. The number of hydrogen-bond donors (Lipinski definition) is 2. The van der Waals surface area contributed by atoms with Crippen LogP contribution in [-0.4, -0.2) is 12.5 Å². The van der Waals surface area contributed by atoms with Gasteiger partial charge in [0.15, 0.2) is 0 Å². The van der Waals surface area contributed by atoms with Gasteiger partial charge >= 0.3 is 0 Å². The maximum absolute atomic E-state index is 11.2. The lowest BCUT2D eigenvalue weighted by molar-refractivity contribution is -0.122. The summed E-state index contributed by atoms with van der Waals surface area (Å²) in [5.41, 5.74) is 5.50. The zero-order valence-electron chi connectivity index (χ0n) is 11.7. The van der Waals surface area contributed by atoms with Crippen LogP contribution in [0.4, 0.5) is 0 Å². The predicted octanol–water partition coefficient (Wildman–Crippen LogP) is 3.55. The molecule has 0 aliphatic heterocycles. The molecule has 0 aromatic rings. The Balaban J connectivity index is 3.05. The molecular weight excluding hydrogens is 212 g/mol. The zero-order valence-corrected chi connectivity index (χ0v) is 11.7. The van der Waals surface area contributed by atoms with Gasteiger partial charge in [-0.25, -0.2) is 5.43 Å². The average molecular weight is 242 g/mol. The topological polar surface area (TPSA) is 41.1 Å². The van der Waals surface area contributed by atoms with Crippen molar-refractivity contribution in [1.82, 2.24) is 10.9 Å². The molecule has 0 saturated heterocycles. The van der Waals surface area contributed by atoms with E-state index in [-0.39, 0.29) is 5.91 Å². The van der Waals surface area contributed by atoms with Crippen LogP contribution in [0.2, 0.25) is 0 Å². The number of hydrogen-bond acceptors (Lipinski definition) is 2. The molecule has 0 radical (unpaired) electrons. The molecule has 0 fully saturated rings. The van der Waals surface area contributed by atoms with Gasteiger partial charge in [-0.15, -0.1) is 0 Å². The maximum Gasteiger partial charge on any atom is 0.234 e. The first-order valence-corrected chi connectivity index (χ1v) is 7.33. The van der Waals surface area contributed by atoms with Crippen molar-refractivity contribution in [3.63, 3.8) is 0 Å². The van der Waals surface area contributed by atoms with Crippen LogP contribution in [-0.2, 0) is 4.79 Å². The largest absolute Gasteiger partial charge is 0.292 e. The predicted molar refractivity (Wildman–Crippen MR) is 73.7 cm³/mol. The summed E-state index contributed by atoms with van der Waals surface area (Å²) in [6.07, 6.45) is 12.3. The van der Waals surface area contributed by atoms with Gasteiger partial charge in [-0.05, 0) is 6.42 Å². The monoisotopic (exact) mass is 242 g/mol. The first-order chi connectivity index (χ1) is 8.31. The molecule has 3 heteroatoms. The Morgan fingerprint density at radius 2 is 1.35 bits per heavy atom. The molecule has 102 valence electrons. The molecule has 0 unspecified atom stereocenters. The van der Waals surface area contributed by atoms with Gasteiger partial charge in [0.25, 0.3) is 0 Å². The molecule has 0 bridgehead atoms. The van der Waals surface area contributed by atoms with E-state index in [4.69, 9.17) is 0 Å². The van der Waals surface area contributed by atoms with Crippen LogP contribution in [0.25, 0.3) is 0 Å². The molecule has 0 aromatic heterocycles. The van der Waals surface area contributed by atoms with E-state index in [1.807, 2.05) is 6.92 Å². The van der Waals surface area contributed by atoms with Crippen LogP contribution < -0.4 is 10.9 Å². The normalized spacial score (nSPS) is 10.5. The lowest BCUT2D eigenvalue weighted by Crippen LogP contribution is -2.36. The van der Waals surface area contributed by atoms with Gasteiger partial charge in [-0.3, -0.25) is 10.2 Å². The van der Waals surface area contributed by atoms with E-state index in [0.29, 0.717) is 6.42 Å². The first-order valence-electron chi connectivity index (χ1n) is 7.33. The van der Waals surface area contributed by atoms with Crippen molar-refractivity contribution in [2.24, 2.45) is 0 Å². The van der Waals surface area contributed by atoms with Crippen molar-refractivity contribution < 1.29 is 4.79 Å². The molecular formula is C14H30N2O. The van der Waals surface area contributed by atoms with Gasteiger partial charge in [-0.2, -0.15) is 0 Å². The van der Waals surface area contributed by atoms with E-state index >= 15 is 0 Å². The lowest BCUT2D eigenvalue weighted by Gasteiger charge is -2.04. The summed E-state index contributed by atoms with van der Waals surface area (Å²) in [4.78, 5) is 11.2. The summed E-state index contributed by atoms with van der Waals surface area (Å²) in [5, 5.41) is 0. The average Bonchev–Trinajstić information content (AvgIpc) is 2.34. The summed E-state index contributed by atoms with van der Waals surface area (Å²) in [6.45, 7) is 5.00. The minimum absolute atomic E-state index is 0.120. The molecule has 0 aliphatic rings. The number of nitrogens with one attached hydrogen (secondary N) is 2. The van der Waals surface area contributed by atoms with Gasteiger partial charge in [0, 0.05) is 13.0 Å². The minimum atomic E-state index is 0.120. The van der Waals surface area contributed by atoms with E-state index in [9.17, 15) is 4.79 Å². The second-order valence-corrected chi connectivity index (χ2v) is 4.66. The third kappa shape index (κ3) is 13.4. The Kier molecular flexibility index (Phi) is 13.0. The molecule has 0 saturated carbocycles. The first kappa shape index (κ1) is 16.4. The minimum Gasteiger partial charge on any atom is -0.292 e. The fraction of sp³-hybridized carbons (Fsp3) is 0.929. The smallest absolute Gasteiger partial charge is 0.234 e. The number of hydrazine groups is 1. The van der Waals surface area contributed by atoms with E-state index in [2.05, 4.69) is 17.8 Å². The number of amides is 1. The van der Waals surface area contributed by atoms with E-state index < -0.39 is 0 Å².